The molecule has 0 spiro atoms. The van der Waals surface area contributed by atoms with Gasteiger partial charge in [0.1, 0.15) is 5.75 Å². The van der Waals surface area contributed by atoms with Gasteiger partial charge in [0.2, 0.25) is 5.91 Å². The van der Waals surface area contributed by atoms with Crippen LogP contribution in [0.5, 0.6) is 5.75 Å². The van der Waals surface area contributed by atoms with Gasteiger partial charge in [0, 0.05) is 36.1 Å². The molecule has 2 aromatic carbocycles. The third-order valence-corrected chi connectivity index (χ3v) is 4.49. The van der Waals surface area contributed by atoms with Crippen LogP contribution in [0, 0.1) is 0 Å². The zero-order chi connectivity index (χ0) is 19.9. The highest BCUT2D eigenvalue weighted by molar-refractivity contribution is 5.91. The molecule has 2 N–H and O–H groups in total. The molecule has 0 aliphatic rings. The standard InChI is InChI=1S/C22H22N2O4/c1-28-20-10-4-16(5-11-20)17(15-22(26)27)14-21(25)23-18-6-8-19(9-7-18)24-12-2-3-13-24/h2-13,17H,14-15H2,1H3,(H,23,25)(H,26,27). The molecule has 1 heterocycles. The van der Waals surface area contributed by atoms with E-state index in [1.165, 1.54) is 0 Å². The number of aliphatic carboxylic acids is 1. The van der Waals surface area contributed by atoms with Crippen molar-refractivity contribution in [3.05, 3.63) is 78.6 Å². The minimum absolute atomic E-state index is 0.0813. The van der Waals surface area contributed by atoms with Crippen molar-refractivity contribution in [2.75, 3.05) is 12.4 Å². The summed E-state index contributed by atoms with van der Waals surface area (Å²) in [5, 5.41) is 12.1. The van der Waals surface area contributed by atoms with Crippen molar-refractivity contribution < 1.29 is 19.4 Å². The first-order valence-corrected chi connectivity index (χ1v) is 8.94. The molecular formula is C22H22N2O4. The predicted octanol–water partition coefficient (Wildman–Crippen LogP) is 4.07. The molecule has 3 aromatic rings. The molecule has 28 heavy (non-hydrogen) atoms. The Morgan fingerprint density at radius 2 is 1.64 bits per heavy atom. The van der Waals surface area contributed by atoms with Crippen LogP contribution in [0.1, 0.15) is 24.3 Å². The molecular weight excluding hydrogens is 356 g/mol. The molecule has 0 bridgehead atoms. The second-order valence-electron chi connectivity index (χ2n) is 6.46. The summed E-state index contributed by atoms with van der Waals surface area (Å²) >= 11 is 0. The van der Waals surface area contributed by atoms with Gasteiger partial charge in [0.05, 0.1) is 13.5 Å². The fraction of sp³-hybridized carbons (Fsp3) is 0.182. The lowest BCUT2D eigenvalue weighted by Gasteiger charge is -2.16. The summed E-state index contributed by atoms with van der Waals surface area (Å²) in [5.74, 6) is -0.895. The maximum Gasteiger partial charge on any atom is 0.303 e. The summed E-state index contributed by atoms with van der Waals surface area (Å²) in [5.41, 5.74) is 2.45. The Hall–Kier alpha value is -3.54. The number of carbonyl (C=O) groups excluding carboxylic acids is 1. The summed E-state index contributed by atoms with van der Waals surface area (Å²) in [6, 6.07) is 18.5. The summed E-state index contributed by atoms with van der Waals surface area (Å²) in [4.78, 5) is 23.7. The van der Waals surface area contributed by atoms with Gasteiger partial charge >= 0.3 is 5.97 Å². The SMILES string of the molecule is COc1ccc(C(CC(=O)O)CC(=O)Nc2ccc(-n3cccc3)cc2)cc1. The van der Waals surface area contributed by atoms with Crippen molar-refractivity contribution in [1.29, 1.82) is 0 Å². The molecule has 1 amide bonds. The van der Waals surface area contributed by atoms with Gasteiger partial charge < -0.3 is 19.7 Å². The van der Waals surface area contributed by atoms with E-state index in [9.17, 15) is 14.7 Å². The van der Waals surface area contributed by atoms with Crippen LogP contribution < -0.4 is 10.1 Å². The Bertz CT molecular complexity index is 916. The lowest BCUT2D eigenvalue weighted by Crippen LogP contribution is -2.17. The van der Waals surface area contributed by atoms with Crippen molar-refractivity contribution in [1.82, 2.24) is 4.57 Å². The molecule has 0 radical (unpaired) electrons. The van der Waals surface area contributed by atoms with Gasteiger partial charge in [-0.25, -0.2) is 0 Å². The second kappa shape index (κ2) is 8.90. The van der Waals surface area contributed by atoms with Crippen LogP contribution in [0.25, 0.3) is 5.69 Å². The molecule has 0 aliphatic carbocycles. The predicted molar refractivity (Wildman–Crippen MR) is 107 cm³/mol. The molecule has 1 aromatic heterocycles. The van der Waals surface area contributed by atoms with Gasteiger partial charge in [0.25, 0.3) is 0 Å². The van der Waals surface area contributed by atoms with Crippen molar-refractivity contribution in [3.8, 4) is 11.4 Å². The van der Waals surface area contributed by atoms with E-state index in [1.54, 1.807) is 31.4 Å². The van der Waals surface area contributed by atoms with E-state index in [1.807, 2.05) is 53.4 Å². The first-order chi connectivity index (χ1) is 13.5. The summed E-state index contributed by atoms with van der Waals surface area (Å²) in [7, 11) is 1.57. The average molecular weight is 378 g/mol. The largest absolute Gasteiger partial charge is 0.497 e. The van der Waals surface area contributed by atoms with E-state index in [0.717, 1.165) is 11.3 Å². The number of aromatic nitrogens is 1. The number of nitrogens with zero attached hydrogens (tertiary/aromatic N) is 1. The van der Waals surface area contributed by atoms with Crippen LogP contribution >= 0.6 is 0 Å². The van der Waals surface area contributed by atoms with Crippen LogP contribution in [-0.2, 0) is 9.59 Å². The number of hydrogen-bond acceptors (Lipinski definition) is 3. The topological polar surface area (TPSA) is 80.6 Å². The number of carboxylic acids is 1. The van der Waals surface area contributed by atoms with Gasteiger partial charge in [-0.2, -0.15) is 0 Å². The van der Waals surface area contributed by atoms with E-state index < -0.39 is 11.9 Å². The van der Waals surface area contributed by atoms with Crippen molar-refractivity contribution in [2.24, 2.45) is 0 Å². The van der Waals surface area contributed by atoms with E-state index in [0.29, 0.717) is 11.4 Å². The van der Waals surface area contributed by atoms with Gasteiger partial charge in [-0.1, -0.05) is 12.1 Å². The molecule has 0 aliphatic heterocycles. The number of rotatable bonds is 8. The Morgan fingerprint density at radius 3 is 2.21 bits per heavy atom. The zero-order valence-electron chi connectivity index (χ0n) is 15.5. The smallest absolute Gasteiger partial charge is 0.303 e. The number of anilines is 1. The lowest BCUT2D eigenvalue weighted by molar-refractivity contribution is -0.137. The van der Waals surface area contributed by atoms with Gasteiger partial charge in [-0.05, 0) is 54.1 Å². The highest BCUT2D eigenvalue weighted by Gasteiger charge is 2.19. The van der Waals surface area contributed by atoms with Crippen molar-refractivity contribution in [3.63, 3.8) is 0 Å². The van der Waals surface area contributed by atoms with Crippen LogP contribution in [0.2, 0.25) is 0 Å². The molecule has 1 unspecified atom stereocenters. The van der Waals surface area contributed by atoms with Gasteiger partial charge in [0.15, 0.2) is 0 Å². The second-order valence-corrected chi connectivity index (χ2v) is 6.46. The van der Waals surface area contributed by atoms with E-state index in [-0.39, 0.29) is 18.7 Å². The molecule has 6 nitrogen and oxygen atoms in total. The highest BCUT2D eigenvalue weighted by Crippen LogP contribution is 2.26. The first-order valence-electron chi connectivity index (χ1n) is 8.94. The van der Waals surface area contributed by atoms with Crippen LogP contribution in [0.15, 0.2) is 73.1 Å². The number of benzene rings is 2. The van der Waals surface area contributed by atoms with Gasteiger partial charge in [-0.3, -0.25) is 9.59 Å². The lowest BCUT2D eigenvalue weighted by atomic mass is 9.92. The van der Waals surface area contributed by atoms with Crippen LogP contribution in [0.3, 0.4) is 0 Å². The third-order valence-electron chi connectivity index (χ3n) is 4.49. The number of hydrogen-bond donors (Lipinski definition) is 2. The quantitative estimate of drug-likeness (QED) is 0.619. The highest BCUT2D eigenvalue weighted by atomic mass is 16.5. The molecule has 3 rings (SSSR count). The van der Waals surface area contributed by atoms with Crippen molar-refractivity contribution >= 4 is 17.6 Å². The van der Waals surface area contributed by atoms with Crippen molar-refractivity contribution in [2.45, 2.75) is 18.8 Å². The Labute approximate surface area is 163 Å². The minimum atomic E-state index is -0.940. The fourth-order valence-electron chi connectivity index (χ4n) is 3.05. The summed E-state index contributed by atoms with van der Waals surface area (Å²) in [6.45, 7) is 0. The molecule has 144 valence electrons. The van der Waals surface area contributed by atoms with E-state index >= 15 is 0 Å². The van der Waals surface area contributed by atoms with Crippen LogP contribution in [0.4, 0.5) is 5.69 Å². The zero-order valence-corrected chi connectivity index (χ0v) is 15.5. The number of carbonyl (C=O) groups is 2. The first kappa shape index (κ1) is 19.2. The maximum atomic E-state index is 12.5. The Morgan fingerprint density at radius 1 is 1.00 bits per heavy atom. The summed E-state index contributed by atoms with van der Waals surface area (Å²) < 4.78 is 7.10. The number of ether oxygens (including phenoxy) is 1. The molecule has 0 fully saturated rings. The number of amides is 1. The monoisotopic (exact) mass is 378 g/mol. The van der Waals surface area contributed by atoms with E-state index in [4.69, 9.17) is 4.74 Å². The fourth-order valence-corrected chi connectivity index (χ4v) is 3.05. The van der Waals surface area contributed by atoms with Gasteiger partial charge in [-0.15, -0.1) is 0 Å². The number of nitrogens with one attached hydrogen (secondary N) is 1. The van der Waals surface area contributed by atoms with Crippen LogP contribution in [-0.4, -0.2) is 28.7 Å². The molecule has 6 heteroatoms. The Balaban J connectivity index is 1.66. The van der Waals surface area contributed by atoms with E-state index in [2.05, 4.69) is 5.32 Å². The number of carboxylic acid groups (broad SMARTS) is 1. The number of methoxy groups -OCH3 is 1. The average Bonchev–Trinajstić information content (AvgIpc) is 3.22. The minimum Gasteiger partial charge on any atom is -0.497 e. The molecule has 1 atom stereocenters. The Kier molecular flexibility index (Phi) is 6.11. The third kappa shape index (κ3) is 5.01. The summed E-state index contributed by atoms with van der Waals surface area (Å²) in [6.07, 6.45) is 3.85. The molecule has 0 saturated heterocycles. The molecule has 0 saturated carbocycles. The maximum absolute atomic E-state index is 12.5. The normalized spacial score (nSPS) is 11.6.